The molecule has 1 aliphatic rings. The SMILES string of the molecule is CCn1c(=S)[nH]c2cc(C(=O)NC[C@@]3(C)CCCC[C@@H]3O)ccc2c1=O. The Morgan fingerprint density at radius 2 is 2.23 bits per heavy atom. The van der Waals surface area contributed by atoms with Gasteiger partial charge in [0.05, 0.1) is 17.0 Å². The highest BCUT2D eigenvalue weighted by atomic mass is 32.1. The van der Waals surface area contributed by atoms with Gasteiger partial charge in [-0.05, 0) is 50.2 Å². The van der Waals surface area contributed by atoms with Crippen molar-refractivity contribution in [3.05, 3.63) is 38.9 Å². The first-order valence-electron chi connectivity index (χ1n) is 9.09. The monoisotopic (exact) mass is 375 g/mol. The Morgan fingerprint density at radius 1 is 1.46 bits per heavy atom. The molecule has 0 bridgehead atoms. The lowest BCUT2D eigenvalue weighted by Gasteiger charge is -2.38. The van der Waals surface area contributed by atoms with Crippen molar-refractivity contribution in [2.24, 2.45) is 5.41 Å². The van der Waals surface area contributed by atoms with E-state index in [9.17, 15) is 14.7 Å². The van der Waals surface area contributed by atoms with Gasteiger partial charge in [0.25, 0.3) is 11.5 Å². The Kier molecular flexibility index (Phi) is 5.29. The standard InChI is InChI=1S/C19H25N3O3S/c1-3-22-17(25)13-8-7-12(10-14(13)21-18(22)26)16(24)20-11-19(2)9-5-4-6-15(19)23/h7-8,10,15,23H,3-6,9,11H2,1-2H3,(H,20,24)(H,21,26)/t15-,19+/m0/s1. The van der Waals surface area contributed by atoms with Gasteiger partial charge >= 0.3 is 0 Å². The highest BCUT2D eigenvalue weighted by Crippen LogP contribution is 2.35. The van der Waals surface area contributed by atoms with Crippen molar-refractivity contribution < 1.29 is 9.90 Å². The molecule has 1 heterocycles. The lowest BCUT2D eigenvalue weighted by molar-refractivity contribution is 0.00190. The van der Waals surface area contributed by atoms with E-state index in [1.165, 1.54) is 4.57 Å². The molecule has 1 aromatic heterocycles. The van der Waals surface area contributed by atoms with E-state index >= 15 is 0 Å². The van der Waals surface area contributed by atoms with Crippen LogP contribution in [0.3, 0.4) is 0 Å². The molecule has 0 saturated heterocycles. The lowest BCUT2D eigenvalue weighted by atomic mass is 9.73. The molecule has 1 aromatic carbocycles. The molecule has 1 amide bonds. The van der Waals surface area contributed by atoms with Gasteiger partial charge in [-0.1, -0.05) is 19.8 Å². The number of nitrogens with one attached hydrogen (secondary N) is 2. The number of H-pyrrole nitrogens is 1. The molecule has 1 fully saturated rings. The number of hydrogen-bond acceptors (Lipinski definition) is 4. The number of benzene rings is 1. The third kappa shape index (κ3) is 3.46. The van der Waals surface area contributed by atoms with Crippen LogP contribution >= 0.6 is 12.2 Å². The van der Waals surface area contributed by atoms with E-state index in [4.69, 9.17) is 12.2 Å². The van der Waals surface area contributed by atoms with Crippen LogP contribution in [0.5, 0.6) is 0 Å². The summed E-state index contributed by atoms with van der Waals surface area (Å²) in [6.45, 7) is 4.80. The van der Waals surface area contributed by atoms with Crippen LogP contribution in [0.15, 0.2) is 23.0 Å². The maximum Gasteiger partial charge on any atom is 0.262 e. The van der Waals surface area contributed by atoms with Crippen molar-refractivity contribution in [3.8, 4) is 0 Å². The third-order valence-corrected chi connectivity index (χ3v) is 5.82. The minimum Gasteiger partial charge on any atom is -0.392 e. The molecule has 26 heavy (non-hydrogen) atoms. The first-order valence-corrected chi connectivity index (χ1v) is 9.49. The van der Waals surface area contributed by atoms with Gasteiger partial charge in [-0.3, -0.25) is 14.2 Å². The second-order valence-corrected chi connectivity index (χ2v) is 7.72. The van der Waals surface area contributed by atoms with Gasteiger partial charge in [-0.15, -0.1) is 0 Å². The molecule has 2 aromatic rings. The first kappa shape index (κ1) is 18.8. The molecule has 3 rings (SSSR count). The molecule has 0 aliphatic heterocycles. The number of carbonyl (C=O) groups excluding carboxylic acids is 1. The molecule has 0 radical (unpaired) electrons. The number of fused-ring (bicyclic) bond motifs is 1. The van der Waals surface area contributed by atoms with Crippen LogP contribution < -0.4 is 10.9 Å². The number of rotatable bonds is 4. The van der Waals surface area contributed by atoms with Crippen LogP contribution in [-0.2, 0) is 6.54 Å². The van der Waals surface area contributed by atoms with E-state index in [0.717, 1.165) is 25.7 Å². The van der Waals surface area contributed by atoms with Gasteiger partial charge < -0.3 is 15.4 Å². The molecular weight excluding hydrogens is 350 g/mol. The Hall–Kier alpha value is -1.99. The quantitative estimate of drug-likeness (QED) is 0.717. The summed E-state index contributed by atoms with van der Waals surface area (Å²) in [6, 6.07) is 4.96. The smallest absolute Gasteiger partial charge is 0.262 e. The van der Waals surface area contributed by atoms with E-state index < -0.39 is 6.10 Å². The van der Waals surface area contributed by atoms with Crippen molar-refractivity contribution >= 4 is 29.0 Å². The van der Waals surface area contributed by atoms with E-state index in [1.807, 2.05) is 13.8 Å². The van der Waals surface area contributed by atoms with Crippen LogP contribution in [0.4, 0.5) is 0 Å². The maximum absolute atomic E-state index is 12.6. The van der Waals surface area contributed by atoms with Gasteiger partial charge in [0.15, 0.2) is 4.77 Å². The van der Waals surface area contributed by atoms with E-state index in [0.29, 0.717) is 34.3 Å². The fourth-order valence-corrected chi connectivity index (χ4v) is 3.98. The van der Waals surface area contributed by atoms with E-state index in [-0.39, 0.29) is 16.9 Å². The molecular formula is C19H25N3O3S. The highest BCUT2D eigenvalue weighted by Gasteiger charge is 2.35. The molecule has 1 saturated carbocycles. The van der Waals surface area contributed by atoms with Crippen molar-refractivity contribution in [2.75, 3.05) is 6.54 Å². The Labute approximate surface area is 157 Å². The Morgan fingerprint density at radius 3 is 2.92 bits per heavy atom. The van der Waals surface area contributed by atoms with E-state index in [1.54, 1.807) is 18.2 Å². The van der Waals surface area contributed by atoms with Crippen LogP contribution in [-0.4, -0.2) is 33.2 Å². The van der Waals surface area contributed by atoms with Gasteiger partial charge in [0.1, 0.15) is 0 Å². The highest BCUT2D eigenvalue weighted by molar-refractivity contribution is 7.71. The number of aromatic amines is 1. The van der Waals surface area contributed by atoms with Crippen molar-refractivity contribution in [2.45, 2.75) is 52.2 Å². The second kappa shape index (κ2) is 7.32. The fraction of sp³-hybridized carbons (Fsp3) is 0.526. The minimum absolute atomic E-state index is 0.156. The summed E-state index contributed by atoms with van der Waals surface area (Å²) in [6.07, 6.45) is 3.39. The number of aliphatic hydroxyl groups excluding tert-OH is 1. The summed E-state index contributed by atoms with van der Waals surface area (Å²) in [5.74, 6) is -0.218. The lowest BCUT2D eigenvalue weighted by Crippen LogP contribution is -2.45. The largest absolute Gasteiger partial charge is 0.392 e. The van der Waals surface area contributed by atoms with Crippen molar-refractivity contribution in [3.63, 3.8) is 0 Å². The number of amides is 1. The van der Waals surface area contributed by atoms with Gasteiger partial charge in [-0.25, -0.2) is 0 Å². The molecule has 3 N–H and O–H groups in total. The number of aliphatic hydroxyl groups is 1. The second-order valence-electron chi connectivity index (χ2n) is 7.34. The predicted octanol–water partition coefficient (Wildman–Crippen LogP) is 2.75. The van der Waals surface area contributed by atoms with Crippen LogP contribution in [0, 0.1) is 10.2 Å². The Bertz CT molecular complexity index is 949. The van der Waals surface area contributed by atoms with E-state index in [2.05, 4.69) is 10.3 Å². The zero-order chi connectivity index (χ0) is 18.9. The summed E-state index contributed by atoms with van der Waals surface area (Å²) >= 11 is 5.22. The molecule has 6 nitrogen and oxygen atoms in total. The van der Waals surface area contributed by atoms with Gasteiger partial charge in [-0.2, -0.15) is 0 Å². The normalized spacial score (nSPS) is 23.1. The molecule has 140 valence electrons. The Balaban J connectivity index is 1.83. The number of carbonyl (C=O) groups is 1. The summed E-state index contributed by atoms with van der Waals surface area (Å²) in [5, 5.41) is 13.7. The molecule has 1 aliphatic carbocycles. The summed E-state index contributed by atoms with van der Waals surface area (Å²) in [4.78, 5) is 28.0. The fourth-order valence-electron chi connectivity index (χ4n) is 3.65. The maximum atomic E-state index is 12.6. The number of nitrogens with zero attached hydrogens (tertiary/aromatic N) is 1. The molecule has 0 unspecified atom stereocenters. The summed E-state index contributed by atoms with van der Waals surface area (Å²) < 4.78 is 1.84. The summed E-state index contributed by atoms with van der Waals surface area (Å²) in [5.41, 5.74) is 0.572. The zero-order valence-corrected chi connectivity index (χ0v) is 16.0. The average molecular weight is 375 g/mol. The molecule has 0 spiro atoms. The number of hydrogen-bond donors (Lipinski definition) is 3. The first-order chi connectivity index (χ1) is 12.4. The van der Waals surface area contributed by atoms with Crippen LogP contribution in [0.25, 0.3) is 10.9 Å². The topological polar surface area (TPSA) is 87.1 Å². The predicted molar refractivity (Wildman–Crippen MR) is 104 cm³/mol. The molecule has 2 atom stereocenters. The van der Waals surface area contributed by atoms with Gasteiger partial charge in [0, 0.05) is 24.1 Å². The van der Waals surface area contributed by atoms with Crippen LogP contribution in [0.2, 0.25) is 0 Å². The van der Waals surface area contributed by atoms with Crippen molar-refractivity contribution in [1.29, 1.82) is 0 Å². The van der Waals surface area contributed by atoms with Crippen molar-refractivity contribution in [1.82, 2.24) is 14.9 Å². The third-order valence-electron chi connectivity index (χ3n) is 5.49. The number of aromatic nitrogens is 2. The summed E-state index contributed by atoms with van der Waals surface area (Å²) in [7, 11) is 0. The molecule has 7 heteroatoms. The average Bonchev–Trinajstić information content (AvgIpc) is 2.62. The van der Waals surface area contributed by atoms with Crippen LogP contribution in [0.1, 0.15) is 49.9 Å². The minimum atomic E-state index is -0.392. The van der Waals surface area contributed by atoms with Gasteiger partial charge in [0.2, 0.25) is 0 Å². The zero-order valence-electron chi connectivity index (χ0n) is 15.2.